The molecule has 5 rings (SSSR count). The molecule has 9 nitrogen and oxygen atoms in total. The van der Waals surface area contributed by atoms with Crippen molar-refractivity contribution in [2.24, 2.45) is 5.92 Å². The fourth-order valence-corrected chi connectivity index (χ4v) is 5.15. The number of likely N-dealkylation sites (tertiary alicyclic amines) is 1. The third-order valence-electron chi connectivity index (χ3n) is 7.30. The summed E-state index contributed by atoms with van der Waals surface area (Å²) in [4.78, 5) is 30.1. The van der Waals surface area contributed by atoms with Gasteiger partial charge in [-0.1, -0.05) is 0 Å². The van der Waals surface area contributed by atoms with Crippen molar-refractivity contribution < 1.29 is 18.0 Å². The zero-order valence-electron chi connectivity index (χ0n) is 20.3. The number of halogens is 3. The molecule has 0 bridgehead atoms. The first kappa shape index (κ1) is 25.0. The maximum atomic E-state index is 13.3. The lowest BCUT2D eigenvalue weighted by Crippen LogP contribution is -2.48. The molecule has 0 radical (unpaired) electrons. The first-order valence-electron chi connectivity index (χ1n) is 12.3. The Bertz CT molecular complexity index is 1330. The summed E-state index contributed by atoms with van der Waals surface area (Å²) in [6.45, 7) is 4.29. The lowest BCUT2D eigenvalue weighted by atomic mass is 9.90. The summed E-state index contributed by atoms with van der Waals surface area (Å²) in [5.41, 5.74) is 0.0971. The van der Waals surface area contributed by atoms with E-state index in [0.717, 1.165) is 44.5 Å². The van der Waals surface area contributed by atoms with Crippen molar-refractivity contribution in [3.63, 3.8) is 0 Å². The Morgan fingerprint density at radius 2 is 2.03 bits per heavy atom. The van der Waals surface area contributed by atoms with Crippen molar-refractivity contribution in [3.8, 4) is 17.3 Å². The molecule has 0 unspecified atom stereocenters. The number of pyridine rings is 1. The summed E-state index contributed by atoms with van der Waals surface area (Å²) in [6, 6.07) is 2.95. The lowest BCUT2D eigenvalue weighted by Gasteiger charge is -2.36. The summed E-state index contributed by atoms with van der Waals surface area (Å²) in [7, 11) is 0. The van der Waals surface area contributed by atoms with Crippen LogP contribution in [0.25, 0.3) is 22.3 Å². The fourth-order valence-electron chi connectivity index (χ4n) is 5.15. The quantitative estimate of drug-likeness (QED) is 0.476. The number of rotatable bonds is 5. The molecular formula is C25H27F3N8O. The topological polar surface area (TPSA) is 123 Å². The number of nitrogens with one attached hydrogen (secondary N) is 3. The van der Waals surface area contributed by atoms with Crippen LogP contribution < -0.4 is 10.6 Å². The Balaban J connectivity index is 1.32. The van der Waals surface area contributed by atoms with Crippen LogP contribution in [0.4, 0.5) is 19.1 Å². The molecule has 0 aliphatic carbocycles. The Morgan fingerprint density at radius 3 is 2.70 bits per heavy atom. The van der Waals surface area contributed by atoms with Crippen LogP contribution in [0.15, 0.2) is 24.7 Å². The van der Waals surface area contributed by atoms with E-state index in [1.54, 1.807) is 0 Å². The number of fused-ring (bicyclic) bond motifs is 1. The number of nitrogens with zero attached hydrogens (tertiary/aromatic N) is 5. The van der Waals surface area contributed by atoms with Gasteiger partial charge in [0.2, 0.25) is 11.9 Å². The van der Waals surface area contributed by atoms with Crippen LogP contribution in [-0.2, 0) is 11.0 Å². The maximum absolute atomic E-state index is 13.3. The number of carbonyl (C=O) groups excluding carboxylic acids is 1. The van der Waals surface area contributed by atoms with E-state index < -0.39 is 11.7 Å². The molecule has 1 amide bonds. The van der Waals surface area contributed by atoms with Crippen LogP contribution in [0.2, 0.25) is 0 Å². The van der Waals surface area contributed by atoms with E-state index >= 15 is 0 Å². The summed E-state index contributed by atoms with van der Waals surface area (Å²) in [5.74, 6) is 0.748. The highest BCUT2D eigenvalue weighted by atomic mass is 19.4. The van der Waals surface area contributed by atoms with Gasteiger partial charge in [-0.3, -0.25) is 4.79 Å². The molecule has 0 saturated carbocycles. The van der Waals surface area contributed by atoms with E-state index in [2.05, 4.69) is 30.6 Å². The Labute approximate surface area is 211 Å². The fraction of sp³-hybridized carbons (Fsp3) is 0.480. The van der Waals surface area contributed by atoms with Crippen LogP contribution in [0.1, 0.15) is 43.7 Å². The number of piperidine rings is 1. The second-order valence-corrected chi connectivity index (χ2v) is 9.63. The van der Waals surface area contributed by atoms with Crippen molar-refractivity contribution in [2.75, 3.05) is 25.0 Å². The van der Waals surface area contributed by atoms with Gasteiger partial charge in [0.1, 0.15) is 11.7 Å². The van der Waals surface area contributed by atoms with E-state index in [-0.39, 0.29) is 52.1 Å². The van der Waals surface area contributed by atoms with Gasteiger partial charge in [-0.25, -0.2) is 15.0 Å². The minimum atomic E-state index is -4.55. The average Bonchev–Trinajstić information content (AvgIpc) is 3.58. The highest BCUT2D eigenvalue weighted by Crippen LogP contribution is 2.35. The van der Waals surface area contributed by atoms with Crippen molar-refractivity contribution in [1.29, 1.82) is 5.26 Å². The summed E-state index contributed by atoms with van der Waals surface area (Å²) in [5, 5.41) is 16.4. The molecule has 12 heteroatoms. The summed E-state index contributed by atoms with van der Waals surface area (Å²) < 4.78 is 39.8. The third-order valence-corrected chi connectivity index (χ3v) is 7.30. The van der Waals surface area contributed by atoms with Gasteiger partial charge in [0, 0.05) is 42.5 Å². The smallest absolute Gasteiger partial charge is 0.351 e. The highest BCUT2D eigenvalue weighted by Gasteiger charge is 2.33. The first-order valence-corrected chi connectivity index (χ1v) is 12.3. The van der Waals surface area contributed by atoms with E-state index in [4.69, 9.17) is 0 Å². The maximum Gasteiger partial charge on any atom is 0.417 e. The van der Waals surface area contributed by atoms with Gasteiger partial charge < -0.3 is 20.5 Å². The third kappa shape index (κ3) is 5.09. The summed E-state index contributed by atoms with van der Waals surface area (Å²) >= 11 is 0. The number of alkyl halides is 3. The summed E-state index contributed by atoms with van der Waals surface area (Å²) in [6.07, 6.45) is 2.68. The van der Waals surface area contributed by atoms with Crippen LogP contribution in [-0.4, -0.2) is 62.5 Å². The second-order valence-electron chi connectivity index (χ2n) is 9.63. The van der Waals surface area contributed by atoms with Gasteiger partial charge in [-0.2, -0.15) is 18.4 Å². The van der Waals surface area contributed by atoms with Crippen LogP contribution in [0.5, 0.6) is 0 Å². The van der Waals surface area contributed by atoms with Gasteiger partial charge in [0.25, 0.3) is 0 Å². The zero-order valence-corrected chi connectivity index (χ0v) is 20.3. The van der Waals surface area contributed by atoms with Gasteiger partial charge >= 0.3 is 6.18 Å². The Hall–Kier alpha value is -3.72. The largest absolute Gasteiger partial charge is 0.417 e. The molecule has 3 N–H and O–H groups in total. The molecule has 194 valence electrons. The number of hydrogen-bond donors (Lipinski definition) is 3. The Morgan fingerprint density at radius 1 is 1.24 bits per heavy atom. The number of amides is 1. The van der Waals surface area contributed by atoms with Gasteiger partial charge in [-0.05, 0) is 51.1 Å². The molecule has 2 saturated heterocycles. The number of aromatic nitrogens is 4. The normalized spacial score (nSPS) is 19.6. The second kappa shape index (κ2) is 9.97. The number of H-pyrrole nitrogens is 1. The van der Waals surface area contributed by atoms with Crippen molar-refractivity contribution in [1.82, 2.24) is 30.2 Å². The van der Waals surface area contributed by atoms with Gasteiger partial charge in [0.05, 0.1) is 29.1 Å². The molecular weight excluding hydrogens is 485 g/mol. The first-order chi connectivity index (χ1) is 17.7. The van der Waals surface area contributed by atoms with Crippen molar-refractivity contribution in [2.45, 2.75) is 50.9 Å². The number of hydrogen-bond acceptors (Lipinski definition) is 7. The molecule has 3 aromatic heterocycles. The average molecular weight is 513 g/mol. The van der Waals surface area contributed by atoms with Crippen molar-refractivity contribution in [3.05, 3.63) is 35.8 Å². The predicted molar refractivity (Wildman–Crippen MR) is 130 cm³/mol. The van der Waals surface area contributed by atoms with E-state index in [1.807, 2.05) is 17.9 Å². The van der Waals surface area contributed by atoms with Crippen LogP contribution in [0.3, 0.4) is 0 Å². The minimum Gasteiger partial charge on any atom is -0.351 e. The molecule has 37 heavy (non-hydrogen) atoms. The molecule has 2 aliphatic heterocycles. The minimum absolute atomic E-state index is 0.0101. The van der Waals surface area contributed by atoms with Gasteiger partial charge in [-0.15, -0.1) is 0 Å². The zero-order chi connectivity index (χ0) is 26.2. The van der Waals surface area contributed by atoms with Crippen LogP contribution >= 0.6 is 0 Å². The number of anilines is 1. The van der Waals surface area contributed by atoms with E-state index in [1.165, 1.54) is 12.4 Å². The predicted octanol–water partition coefficient (Wildman–Crippen LogP) is 3.70. The van der Waals surface area contributed by atoms with Gasteiger partial charge in [0.15, 0.2) is 0 Å². The highest BCUT2D eigenvalue weighted by molar-refractivity contribution is 5.94. The van der Waals surface area contributed by atoms with Crippen molar-refractivity contribution >= 4 is 22.9 Å². The molecule has 0 aromatic carbocycles. The molecule has 3 aromatic rings. The molecule has 5 heterocycles. The Kier molecular flexibility index (Phi) is 6.72. The SMILES string of the molecule is C[C@@H](Nc1ncc(C#N)c(-c2c[nH]c3ncc(C(F)(F)F)cc23)n1)C1CCN(C(=O)[C@@H]2CCCN2)CC1. The lowest BCUT2D eigenvalue weighted by molar-refractivity contribution is -0.137. The molecule has 0 spiro atoms. The number of aromatic amines is 1. The number of carbonyl (C=O) groups is 1. The monoisotopic (exact) mass is 512 g/mol. The van der Waals surface area contributed by atoms with Crippen LogP contribution in [0, 0.1) is 17.2 Å². The number of nitriles is 1. The molecule has 2 aliphatic rings. The molecule has 2 atom stereocenters. The van der Waals surface area contributed by atoms with E-state index in [9.17, 15) is 23.2 Å². The molecule has 2 fully saturated rings. The standard InChI is InChI=1S/C25H27F3N8O/c1-14(15-4-7-36(8-5-15)23(37)20-3-2-6-30-20)34-24-33-11-16(10-29)21(35-24)19-13-32-22-18(19)9-17(12-31-22)25(26,27)28/h9,11-15,20,30H,2-8H2,1H3,(H,31,32)(H,33,34,35)/t14-,20+/m1/s1. The van der Waals surface area contributed by atoms with E-state index in [0.29, 0.717) is 18.7 Å².